The predicted octanol–water partition coefficient (Wildman–Crippen LogP) is -8.67. The molecule has 38 heteroatoms. The summed E-state index contributed by atoms with van der Waals surface area (Å²) in [7, 11) is -4.17. The van der Waals surface area contributed by atoms with E-state index >= 15 is 0 Å². The molecule has 0 radical (unpaired) electrons. The molecule has 1 aliphatic carbocycles. The maximum atomic E-state index is 13.8. The van der Waals surface area contributed by atoms with Gasteiger partial charge in [0.2, 0.25) is 47.3 Å². The molecule has 17 N–H and O–H groups in total. The first kappa shape index (κ1) is 81.6. The van der Waals surface area contributed by atoms with E-state index in [-0.39, 0.29) is 124 Å². The Kier molecular flexibility index (Phi) is 36.6. The van der Waals surface area contributed by atoms with Gasteiger partial charge < -0.3 is 145 Å². The smallest absolute Gasteiger partial charge is 0.242 e. The molecule has 3 aliphatic heterocycles. The zero-order valence-corrected chi connectivity index (χ0v) is 54.3. The standard InChI is InChI=1S/C56H99N8O29P/c1-29(2)94(82,83)93-34-8-6-33(7-9-34)51(79)64-36(53(81)59-16-19-86-22-25-89-56-44(62-32(5)70)50(78)47(75)39(28-67)92-56)11-13-41(72)63-35(52(80)58-15-18-85-21-24-88-55-43(61-31(4)69)49(77)46(74)38(27-66)91-55)10-12-40(71)57-14-17-84-20-23-87-54-42(60-30(3)68)48(76)45(73)37(26-65)90-54/h29,33-39,42-50,54-56,65-67,73-78H,6-28H2,1-5H3,(H,57,71)(H,58,80)(H,59,81)(H,60,68)(H,61,69)(H,62,70)(H,63,72)(H,64,79)(H,82,83)/p-1. The van der Waals surface area contributed by atoms with Gasteiger partial charge >= 0.3 is 0 Å². The molecule has 18 atom stereocenters. The predicted molar refractivity (Wildman–Crippen MR) is 317 cm³/mol. The number of aliphatic hydroxyl groups excluding tert-OH is 9. The maximum Gasteiger partial charge on any atom is 0.242 e. The molecule has 1 saturated carbocycles. The Morgan fingerprint density at radius 2 is 0.840 bits per heavy atom. The third-order valence-electron chi connectivity index (χ3n) is 15.5. The summed E-state index contributed by atoms with van der Waals surface area (Å²) in [5, 5.41) is 112. The van der Waals surface area contributed by atoms with Gasteiger partial charge in [0, 0.05) is 64.8 Å². The molecule has 0 aromatic rings. The van der Waals surface area contributed by atoms with Gasteiger partial charge in [-0.25, -0.2) is 0 Å². The van der Waals surface area contributed by atoms with Crippen LogP contribution in [0.25, 0.3) is 0 Å². The number of hydrogen-bond donors (Lipinski definition) is 17. The summed E-state index contributed by atoms with van der Waals surface area (Å²) in [4.78, 5) is 116. The molecule has 4 fully saturated rings. The van der Waals surface area contributed by atoms with Crippen LogP contribution in [-0.4, -0.2) is 308 Å². The lowest BCUT2D eigenvalue weighted by molar-refractivity contribution is -0.272. The van der Waals surface area contributed by atoms with E-state index < -0.39 is 203 Å². The van der Waals surface area contributed by atoms with Crippen LogP contribution in [0.5, 0.6) is 0 Å². The average Bonchev–Trinajstić information content (AvgIpc) is 0.828. The highest BCUT2D eigenvalue weighted by Gasteiger charge is 2.48. The van der Waals surface area contributed by atoms with Crippen LogP contribution in [0, 0.1) is 5.92 Å². The summed E-state index contributed by atoms with van der Waals surface area (Å²) in [6.45, 7) is 3.16. The first-order valence-corrected chi connectivity index (χ1v) is 32.9. The van der Waals surface area contributed by atoms with Crippen molar-refractivity contribution in [3.05, 3.63) is 0 Å². The Hall–Kier alpha value is -4.81. The van der Waals surface area contributed by atoms with Crippen molar-refractivity contribution in [3.63, 3.8) is 0 Å². The van der Waals surface area contributed by atoms with Crippen molar-refractivity contribution in [1.29, 1.82) is 0 Å². The molecular weight excluding hydrogens is 1280 g/mol. The highest BCUT2D eigenvalue weighted by Crippen LogP contribution is 2.46. The molecule has 8 amide bonds. The summed E-state index contributed by atoms with van der Waals surface area (Å²) in [5.74, 6) is -5.71. The normalized spacial score (nSPS) is 30.0. The summed E-state index contributed by atoms with van der Waals surface area (Å²) < 4.78 is 68.1. The van der Waals surface area contributed by atoms with Gasteiger partial charge in [-0.3, -0.25) is 38.4 Å². The monoisotopic (exact) mass is 1380 g/mol. The lowest BCUT2D eigenvalue weighted by Gasteiger charge is -2.42. The second kappa shape index (κ2) is 42.1. The lowest BCUT2D eigenvalue weighted by atomic mass is 9.86. The van der Waals surface area contributed by atoms with Gasteiger partial charge in [0.25, 0.3) is 0 Å². The number of ether oxygens (including phenoxy) is 9. The Morgan fingerprint density at radius 1 is 0.489 bits per heavy atom. The highest BCUT2D eigenvalue weighted by atomic mass is 31.2. The van der Waals surface area contributed by atoms with Crippen LogP contribution in [0.2, 0.25) is 0 Å². The quantitative estimate of drug-likeness (QED) is 0.0200. The number of aliphatic hydroxyl groups is 9. The third kappa shape index (κ3) is 27.2. The fraction of sp³-hybridized carbons (Fsp3) is 0.857. The number of nitrogens with one attached hydrogen (secondary N) is 8. The lowest BCUT2D eigenvalue weighted by Crippen LogP contribution is -2.64. The van der Waals surface area contributed by atoms with Gasteiger partial charge in [-0.2, -0.15) is 0 Å². The van der Waals surface area contributed by atoms with E-state index in [4.69, 9.17) is 47.2 Å². The van der Waals surface area contributed by atoms with Crippen molar-refractivity contribution >= 4 is 54.9 Å². The summed E-state index contributed by atoms with van der Waals surface area (Å²) in [6, 6.07) is -6.29. The highest BCUT2D eigenvalue weighted by molar-refractivity contribution is 7.52. The van der Waals surface area contributed by atoms with Crippen molar-refractivity contribution in [2.45, 2.75) is 202 Å². The first-order valence-electron chi connectivity index (χ1n) is 31.3. The van der Waals surface area contributed by atoms with E-state index in [1.807, 2.05) is 0 Å². The van der Waals surface area contributed by atoms with Gasteiger partial charge in [-0.15, -0.1) is 0 Å². The Labute approximate surface area is 543 Å². The molecule has 3 saturated heterocycles. The molecule has 542 valence electrons. The average molecular weight is 1380 g/mol. The van der Waals surface area contributed by atoms with E-state index in [1.165, 1.54) is 34.6 Å². The number of rotatable bonds is 41. The molecule has 18 unspecified atom stereocenters. The summed E-state index contributed by atoms with van der Waals surface area (Å²) >= 11 is 0. The van der Waals surface area contributed by atoms with Crippen molar-refractivity contribution in [2.24, 2.45) is 5.92 Å². The number of carbonyl (C=O) groups excluding carboxylic acids is 8. The number of hydrogen-bond acceptors (Lipinski definition) is 29. The van der Waals surface area contributed by atoms with Crippen LogP contribution in [0.3, 0.4) is 0 Å². The molecule has 94 heavy (non-hydrogen) atoms. The van der Waals surface area contributed by atoms with E-state index in [2.05, 4.69) is 42.5 Å². The SMILES string of the molecule is CC(=O)NC1C(OCCOCCNC(=O)CCC(NC(=O)CCC(NC(=O)C2CCC(OP(=O)([O-])C(C)C)CC2)C(=O)NCCOCCOC2OC(CO)C(O)C(O)C2NC(C)=O)C(=O)NCCOCCOC2OC(CO)C(O)C(O)C2NC(C)=O)OC(CO)C(O)C1O. The van der Waals surface area contributed by atoms with E-state index in [9.17, 15) is 93.8 Å². The Bertz CT molecular complexity index is 2400. The summed E-state index contributed by atoms with van der Waals surface area (Å²) in [6.07, 6.45) is -17.8. The van der Waals surface area contributed by atoms with Crippen molar-refractivity contribution < 1.29 is 141 Å². The second-order valence-electron chi connectivity index (χ2n) is 23.2. The van der Waals surface area contributed by atoms with E-state index in [0.29, 0.717) is 0 Å². The molecule has 0 aromatic carbocycles. The molecule has 37 nitrogen and oxygen atoms in total. The topological polar surface area (TPSA) is 547 Å². The summed E-state index contributed by atoms with van der Waals surface area (Å²) in [5.41, 5.74) is -0.764. The van der Waals surface area contributed by atoms with Crippen LogP contribution in [-0.2, 0) is 90.1 Å². The zero-order valence-electron chi connectivity index (χ0n) is 53.4. The van der Waals surface area contributed by atoms with Gasteiger partial charge in [0.05, 0.1) is 85.4 Å². The van der Waals surface area contributed by atoms with Crippen LogP contribution in [0.15, 0.2) is 0 Å². The molecular formula is C56H98N8O29P-. The van der Waals surface area contributed by atoms with Crippen LogP contribution in [0.1, 0.15) is 86.0 Å². The molecule has 0 bridgehead atoms. The van der Waals surface area contributed by atoms with E-state index in [0.717, 1.165) is 0 Å². The van der Waals surface area contributed by atoms with Crippen molar-refractivity contribution in [2.75, 3.05) is 98.9 Å². The largest absolute Gasteiger partial charge is 0.778 e. The van der Waals surface area contributed by atoms with Crippen LogP contribution >= 0.6 is 7.60 Å². The fourth-order valence-corrected chi connectivity index (χ4v) is 11.2. The molecule has 0 spiro atoms. The fourth-order valence-electron chi connectivity index (χ4n) is 10.3. The molecule has 4 aliphatic rings. The molecule has 4 rings (SSSR count). The minimum Gasteiger partial charge on any atom is -0.778 e. The third-order valence-corrected chi connectivity index (χ3v) is 17.4. The Morgan fingerprint density at radius 3 is 1.19 bits per heavy atom. The first-order chi connectivity index (χ1) is 44.6. The second-order valence-corrected chi connectivity index (χ2v) is 25.5. The Balaban J connectivity index is 1.37. The van der Waals surface area contributed by atoms with Crippen molar-refractivity contribution in [1.82, 2.24) is 42.5 Å². The van der Waals surface area contributed by atoms with Gasteiger partial charge in [0.15, 0.2) is 18.9 Å². The van der Waals surface area contributed by atoms with Gasteiger partial charge in [0.1, 0.15) is 92.7 Å². The van der Waals surface area contributed by atoms with E-state index in [1.54, 1.807) is 0 Å². The minimum atomic E-state index is -4.17. The van der Waals surface area contributed by atoms with Gasteiger partial charge in [-0.1, -0.05) is 13.8 Å². The van der Waals surface area contributed by atoms with Crippen LogP contribution in [0.4, 0.5) is 0 Å². The number of amides is 8. The molecule has 0 aromatic heterocycles. The van der Waals surface area contributed by atoms with Crippen molar-refractivity contribution in [3.8, 4) is 0 Å². The maximum absolute atomic E-state index is 13.8. The number of carbonyl (C=O) groups is 8. The molecule has 3 heterocycles. The minimum absolute atomic E-state index is 0.0341. The van der Waals surface area contributed by atoms with Crippen LogP contribution < -0.4 is 47.4 Å². The van der Waals surface area contributed by atoms with Gasteiger partial charge in [-0.05, 0) is 38.5 Å². The zero-order chi connectivity index (χ0) is 69.7.